The third-order valence-corrected chi connectivity index (χ3v) is 6.23. The molecule has 0 N–H and O–H groups in total. The summed E-state index contributed by atoms with van der Waals surface area (Å²) in [5.74, 6) is 0. The molecule has 0 aliphatic carbocycles. The summed E-state index contributed by atoms with van der Waals surface area (Å²) in [4.78, 5) is 4.51. The van der Waals surface area contributed by atoms with Crippen LogP contribution >= 0.6 is 0 Å². The molecule has 4 rings (SSSR count). The van der Waals surface area contributed by atoms with Crippen LogP contribution in [0.4, 0.5) is 5.69 Å². The lowest BCUT2D eigenvalue weighted by Gasteiger charge is -2.24. The molecule has 0 saturated carbocycles. The Kier molecular flexibility index (Phi) is 6.37. The summed E-state index contributed by atoms with van der Waals surface area (Å²) < 4.78 is 2.20. The Morgan fingerprint density at radius 3 is 2.31 bits per heavy atom. The molecule has 164 valence electrons. The first-order valence-electron chi connectivity index (χ1n) is 11.5. The lowest BCUT2D eigenvalue weighted by atomic mass is 10.0. The van der Waals surface area contributed by atoms with Crippen LogP contribution in [0.15, 0.2) is 66.4 Å². The standard InChI is InChI=1S/C28H32N4/c1-5-14-32(15-6-2)25-10-9-21-17-23(8-7-22(21)18-25)27-11-12-28(31(27)4)26-13-16-30(3)20-24(26)19-29/h7-13,16-18H,5-6,14-15,20H2,1-4H3. The molecule has 4 nitrogen and oxygen atoms in total. The van der Waals surface area contributed by atoms with Crippen molar-refractivity contribution in [2.75, 3.05) is 31.6 Å². The lowest BCUT2D eigenvalue weighted by molar-refractivity contribution is 0.498. The topological polar surface area (TPSA) is 35.2 Å². The van der Waals surface area contributed by atoms with Crippen molar-refractivity contribution in [3.05, 3.63) is 72.1 Å². The first-order chi connectivity index (χ1) is 15.5. The molecule has 3 aromatic rings. The summed E-state index contributed by atoms with van der Waals surface area (Å²) in [5, 5.41) is 12.1. The van der Waals surface area contributed by atoms with Gasteiger partial charge in [-0.3, -0.25) is 0 Å². The number of benzene rings is 2. The van der Waals surface area contributed by atoms with E-state index >= 15 is 0 Å². The fourth-order valence-corrected chi connectivity index (χ4v) is 4.60. The van der Waals surface area contributed by atoms with Gasteiger partial charge in [-0.25, -0.2) is 0 Å². The summed E-state index contributed by atoms with van der Waals surface area (Å²) in [6.45, 7) is 7.30. The quantitative estimate of drug-likeness (QED) is 0.452. The highest BCUT2D eigenvalue weighted by molar-refractivity contribution is 5.90. The molecule has 0 spiro atoms. The van der Waals surface area contributed by atoms with E-state index in [1.165, 1.54) is 22.0 Å². The molecule has 32 heavy (non-hydrogen) atoms. The molecule has 2 heterocycles. The lowest BCUT2D eigenvalue weighted by Crippen LogP contribution is -2.24. The van der Waals surface area contributed by atoms with Crippen molar-refractivity contribution in [3.8, 4) is 17.3 Å². The van der Waals surface area contributed by atoms with E-state index in [9.17, 15) is 5.26 Å². The Morgan fingerprint density at radius 2 is 1.59 bits per heavy atom. The third kappa shape index (κ3) is 4.16. The highest BCUT2D eigenvalue weighted by Gasteiger charge is 2.17. The van der Waals surface area contributed by atoms with Crippen molar-refractivity contribution in [1.82, 2.24) is 9.47 Å². The van der Waals surface area contributed by atoms with Crippen LogP contribution < -0.4 is 4.90 Å². The smallest absolute Gasteiger partial charge is 0.0973 e. The summed E-state index contributed by atoms with van der Waals surface area (Å²) in [5.41, 5.74) is 6.54. The second-order valence-corrected chi connectivity index (χ2v) is 8.63. The van der Waals surface area contributed by atoms with Crippen molar-refractivity contribution in [1.29, 1.82) is 5.26 Å². The van der Waals surface area contributed by atoms with Crippen LogP contribution in [0.5, 0.6) is 0 Å². The Balaban J connectivity index is 1.69. The van der Waals surface area contributed by atoms with Gasteiger partial charge < -0.3 is 14.4 Å². The molecule has 4 heteroatoms. The van der Waals surface area contributed by atoms with E-state index in [1.54, 1.807) is 0 Å². The molecule has 0 atom stereocenters. The molecule has 0 radical (unpaired) electrons. The number of nitrogens with zero attached hydrogens (tertiary/aromatic N) is 4. The molecule has 1 aliphatic heterocycles. The number of nitriles is 1. The number of allylic oxidation sites excluding steroid dienone is 2. The Hall–Kier alpha value is -3.45. The van der Waals surface area contributed by atoms with Crippen LogP contribution in [-0.4, -0.2) is 36.1 Å². The average Bonchev–Trinajstić information content (AvgIpc) is 3.19. The summed E-state index contributed by atoms with van der Waals surface area (Å²) in [6, 6.07) is 20.2. The van der Waals surface area contributed by atoms with E-state index in [0.717, 1.165) is 48.5 Å². The Bertz CT molecular complexity index is 1220. The number of aromatic nitrogens is 1. The number of hydrogen-bond donors (Lipinski definition) is 0. The zero-order valence-corrected chi connectivity index (χ0v) is 19.6. The number of hydrogen-bond acceptors (Lipinski definition) is 3. The monoisotopic (exact) mass is 424 g/mol. The van der Waals surface area contributed by atoms with Gasteiger partial charge in [0.1, 0.15) is 0 Å². The summed E-state index contributed by atoms with van der Waals surface area (Å²) in [7, 11) is 4.07. The number of anilines is 1. The van der Waals surface area contributed by atoms with E-state index in [4.69, 9.17) is 0 Å². The molecular formula is C28H32N4. The summed E-state index contributed by atoms with van der Waals surface area (Å²) in [6.07, 6.45) is 6.39. The highest BCUT2D eigenvalue weighted by Crippen LogP contribution is 2.32. The van der Waals surface area contributed by atoms with Crippen molar-refractivity contribution >= 4 is 22.0 Å². The van der Waals surface area contributed by atoms with E-state index < -0.39 is 0 Å². The minimum atomic E-state index is 0.647. The zero-order valence-electron chi connectivity index (χ0n) is 19.6. The van der Waals surface area contributed by atoms with E-state index in [-0.39, 0.29) is 0 Å². The molecule has 0 fully saturated rings. The van der Waals surface area contributed by atoms with Crippen molar-refractivity contribution in [2.45, 2.75) is 26.7 Å². The van der Waals surface area contributed by atoms with Crippen LogP contribution in [0.25, 0.3) is 27.6 Å². The van der Waals surface area contributed by atoms with Gasteiger partial charge in [-0.05, 0) is 71.8 Å². The van der Waals surface area contributed by atoms with Crippen molar-refractivity contribution in [3.63, 3.8) is 0 Å². The van der Waals surface area contributed by atoms with Gasteiger partial charge in [-0.2, -0.15) is 5.26 Å². The van der Waals surface area contributed by atoms with Gasteiger partial charge >= 0.3 is 0 Å². The summed E-state index contributed by atoms with van der Waals surface area (Å²) >= 11 is 0. The second-order valence-electron chi connectivity index (χ2n) is 8.63. The van der Waals surface area contributed by atoms with Crippen LogP contribution in [0.3, 0.4) is 0 Å². The van der Waals surface area contributed by atoms with Gasteiger partial charge in [-0.1, -0.05) is 32.0 Å². The van der Waals surface area contributed by atoms with Crippen molar-refractivity contribution in [2.24, 2.45) is 7.05 Å². The maximum absolute atomic E-state index is 9.62. The van der Waals surface area contributed by atoms with Crippen LogP contribution in [0.1, 0.15) is 32.4 Å². The largest absolute Gasteiger partial charge is 0.375 e. The maximum Gasteiger partial charge on any atom is 0.0973 e. The predicted molar refractivity (Wildman–Crippen MR) is 135 cm³/mol. The number of fused-ring (bicyclic) bond motifs is 1. The minimum absolute atomic E-state index is 0.647. The normalized spacial score (nSPS) is 13.7. The number of likely N-dealkylation sites (N-methyl/N-ethyl adjacent to an activating group) is 1. The maximum atomic E-state index is 9.62. The molecule has 2 aromatic carbocycles. The van der Waals surface area contributed by atoms with E-state index in [1.807, 2.05) is 24.2 Å². The number of rotatable bonds is 7. The van der Waals surface area contributed by atoms with Crippen molar-refractivity contribution < 1.29 is 0 Å². The Labute approximate surface area is 191 Å². The van der Waals surface area contributed by atoms with Crippen LogP contribution in [-0.2, 0) is 7.05 Å². The van der Waals surface area contributed by atoms with Gasteiger partial charge in [-0.15, -0.1) is 0 Å². The molecule has 0 bridgehead atoms. The van der Waals surface area contributed by atoms with E-state index in [0.29, 0.717) is 6.54 Å². The third-order valence-electron chi connectivity index (χ3n) is 6.23. The van der Waals surface area contributed by atoms with Gasteiger partial charge in [0.15, 0.2) is 0 Å². The average molecular weight is 425 g/mol. The molecule has 1 aliphatic rings. The minimum Gasteiger partial charge on any atom is -0.375 e. The molecule has 1 aromatic heterocycles. The SMILES string of the molecule is CCCN(CCC)c1ccc2cc(-c3ccc(C4=C(C#N)CN(C)C=C4)n3C)ccc2c1. The molecule has 0 saturated heterocycles. The fraction of sp³-hybridized carbons (Fsp3) is 0.321. The van der Waals surface area contributed by atoms with Gasteiger partial charge in [0, 0.05) is 49.8 Å². The first-order valence-corrected chi connectivity index (χ1v) is 11.5. The van der Waals surface area contributed by atoms with Gasteiger partial charge in [0.05, 0.1) is 18.2 Å². The van der Waals surface area contributed by atoms with Crippen LogP contribution in [0.2, 0.25) is 0 Å². The van der Waals surface area contributed by atoms with Gasteiger partial charge in [0.25, 0.3) is 0 Å². The zero-order chi connectivity index (χ0) is 22.7. The van der Waals surface area contributed by atoms with Gasteiger partial charge in [0.2, 0.25) is 0 Å². The highest BCUT2D eigenvalue weighted by atomic mass is 15.1. The molecular weight excluding hydrogens is 392 g/mol. The fourth-order valence-electron chi connectivity index (χ4n) is 4.60. The van der Waals surface area contributed by atoms with Crippen LogP contribution in [0, 0.1) is 11.3 Å². The Morgan fingerprint density at radius 1 is 0.906 bits per heavy atom. The molecule has 0 unspecified atom stereocenters. The predicted octanol–water partition coefficient (Wildman–Crippen LogP) is 6.21. The van der Waals surface area contributed by atoms with E-state index in [2.05, 4.69) is 85.0 Å². The first kappa shape index (κ1) is 21.8. The molecule has 0 amide bonds. The second kappa shape index (κ2) is 9.36.